The number of anilines is 2. The van der Waals surface area contributed by atoms with Gasteiger partial charge in [-0.3, -0.25) is 0 Å². The lowest BCUT2D eigenvalue weighted by Gasteiger charge is -2.11. The fraction of sp³-hybridized carbons (Fsp3) is 0.143. The van der Waals surface area contributed by atoms with Crippen molar-refractivity contribution in [2.45, 2.75) is 13.8 Å². The van der Waals surface area contributed by atoms with Crippen LogP contribution in [0.2, 0.25) is 10.3 Å². The summed E-state index contributed by atoms with van der Waals surface area (Å²) < 4.78 is 0.916. The van der Waals surface area contributed by atoms with Gasteiger partial charge in [-0.05, 0) is 65.1 Å². The van der Waals surface area contributed by atoms with E-state index in [0.29, 0.717) is 10.8 Å². The van der Waals surface area contributed by atoms with Crippen molar-refractivity contribution in [1.29, 1.82) is 0 Å². The first kappa shape index (κ1) is 15.0. The van der Waals surface area contributed by atoms with Crippen molar-refractivity contribution in [2.24, 2.45) is 0 Å². The smallest absolute Gasteiger partial charge is 0.225 e. The number of hydrogen-bond acceptors (Lipinski definition) is 4. The fourth-order valence-electron chi connectivity index (χ4n) is 1.98. The number of benzene rings is 1. The van der Waals surface area contributed by atoms with Crippen molar-refractivity contribution in [1.82, 2.24) is 9.97 Å². The van der Waals surface area contributed by atoms with Crippen LogP contribution in [0, 0.1) is 13.8 Å². The maximum Gasteiger partial charge on any atom is 0.225 e. The Morgan fingerprint density at radius 2 is 1.90 bits per heavy atom. The van der Waals surface area contributed by atoms with Crippen LogP contribution in [-0.2, 0) is 0 Å². The number of fused-ring (bicyclic) bond motifs is 1. The largest absolute Gasteiger partial charge is 0.339 e. The zero-order chi connectivity index (χ0) is 15.1. The predicted octanol–water partition coefficient (Wildman–Crippen LogP) is 6.12. The Morgan fingerprint density at radius 1 is 1.14 bits per heavy atom. The minimum atomic E-state index is 0.223. The summed E-state index contributed by atoms with van der Waals surface area (Å²) in [6.45, 7) is 3.99. The lowest BCUT2D eigenvalue weighted by atomic mass is 10.2. The summed E-state index contributed by atoms with van der Waals surface area (Å²) in [6.07, 6.45) is 0. The Morgan fingerprint density at radius 3 is 2.67 bits per heavy atom. The SMILES string of the molecule is Cc1cc2c(Nc3cc(Cl)c(C)cc3Br)nc(Cl)nc2s1. The monoisotopic (exact) mass is 401 g/mol. The Balaban J connectivity index is 2.11. The summed E-state index contributed by atoms with van der Waals surface area (Å²) in [5, 5.41) is 5.14. The summed E-state index contributed by atoms with van der Waals surface area (Å²) in [7, 11) is 0. The minimum Gasteiger partial charge on any atom is -0.339 e. The molecule has 0 amide bonds. The van der Waals surface area contributed by atoms with Gasteiger partial charge in [0.15, 0.2) is 0 Å². The number of aromatic nitrogens is 2. The number of nitrogens with zero attached hydrogens (tertiary/aromatic N) is 2. The van der Waals surface area contributed by atoms with Gasteiger partial charge in [0.2, 0.25) is 5.28 Å². The van der Waals surface area contributed by atoms with Crippen molar-refractivity contribution >= 4 is 72.2 Å². The second-order valence-corrected chi connectivity index (χ2v) is 7.46. The first-order chi connectivity index (χ1) is 9.94. The van der Waals surface area contributed by atoms with Crippen LogP contribution in [-0.4, -0.2) is 9.97 Å². The number of rotatable bonds is 2. The quantitative estimate of drug-likeness (QED) is 0.524. The third-order valence-electron chi connectivity index (χ3n) is 2.99. The molecule has 108 valence electrons. The van der Waals surface area contributed by atoms with E-state index in [-0.39, 0.29) is 5.28 Å². The molecule has 0 fully saturated rings. The molecule has 7 heteroatoms. The molecule has 0 atom stereocenters. The van der Waals surface area contributed by atoms with Crippen LogP contribution >= 0.6 is 50.5 Å². The van der Waals surface area contributed by atoms with E-state index in [1.54, 1.807) is 11.3 Å². The summed E-state index contributed by atoms with van der Waals surface area (Å²) in [5.41, 5.74) is 1.84. The summed E-state index contributed by atoms with van der Waals surface area (Å²) >= 11 is 17.3. The molecule has 0 radical (unpaired) electrons. The third kappa shape index (κ3) is 3.01. The molecule has 0 unspecified atom stereocenters. The van der Waals surface area contributed by atoms with Gasteiger partial charge in [0, 0.05) is 14.4 Å². The van der Waals surface area contributed by atoms with E-state index in [2.05, 4.69) is 31.2 Å². The molecule has 3 rings (SSSR count). The van der Waals surface area contributed by atoms with E-state index in [1.165, 1.54) is 0 Å². The first-order valence-electron chi connectivity index (χ1n) is 6.10. The molecule has 2 aromatic heterocycles. The van der Waals surface area contributed by atoms with Gasteiger partial charge in [-0.25, -0.2) is 4.98 Å². The minimum absolute atomic E-state index is 0.223. The molecule has 1 N–H and O–H groups in total. The summed E-state index contributed by atoms with van der Waals surface area (Å²) in [6, 6.07) is 5.87. The van der Waals surface area contributed by atoms with Crippen LogP contribution in [0.15, 0.2) is 22.7 Å². The molecule has 0 bridgehead atoms. The maximum absolute atomic E-state index is 6.19. The molecule has 0 saturated heterocycles. The zero-order valence-corrected chi connectivity index (χ0v) is 15.1. The van der Waals surface area contributed by atoms with E-state index < -0.39 is 0 Å². The average molecular weight is 403 g/mol. The lowest BCUT2D eigenvalue weighted by molar-refractivity contribution is 1.23. The van der Waals surface area contributed by atoms with Crippen LogP contribution in [0.4, 0.5) is 11.5 Å². The normalized spacial score (nSPS) is 11.1. The maximum atomic E-state index is 6.19. The molecule has 0 saturated carbocycles. The highest BCUT2D eigenvalue weighted by Gasteiger charge is 2.12. The van der Waals surface area contributed by atoms with Gasteiger partial charge in [-0.1, -0.05) is 11.6 Å². The van der Waals surface area contributed by atoms with Gasteiger partial charge in [0.1, 0.15) is 10.6 Å². The number of aryl methyl sites for hydroxylation is 2. The highest BCUT2D eigenvalue weighted by Crippen LogP contribution is 2.35. The molecule has 0 aliphatic carbocycles. The highest BCUT2D eigenvalue weighted by molar-refractivity contribution is 9.10. The number of nitrogens with one attached hydrogen (secondary N) is 1. The van der Waals surface area contributed by atoms with Crippen molar-refractivity contribution in [3.63, 3.8) is 0 Å². The van der Waals surface area contributed by atoms with Crippen molar-refractivity contribution in [3.8, 4) is 0 Å². The summed E-state index contributed by atoms with van der Waals surface area (Å²) in [5.74, 6) is 0.676. The molecule has 0 spiro atoms. The van der Waals surface area contributed by atoms with Crippen LogP contribution in [0.25, 0.3) is 10.2 Å². The third-order valence-corrected chi connectivity index (χ3v) is 5.17. The van der Waals surface area contributed by atoms with Crippen LogP contribution in [0.5, 0.6) is 0 Å². The number of thiophene rings is 1. The Hall–Kier alpha value is -0.880. The Bertz CT molecular complexity index is 848. The molecule has 3 nitrogen and oxygen atoms in total. The topological polar surface area (TPSA) is 37.8 Å². The molecule has 2 heterocycles. The Labute approximate surface area is 144 Å². The second-order valence-electron chi connectivity index (χ2n) is 4.62. The molecular formula is C14H10BrCl2N3S. The lowest BCUT2D eigenvalue weighted by Crippen LogP contribution is -1.97. The highest BCUT2D eigenvalue weighted by atomic mass is 79.9. The van der Waals surface area contributed by atoms with Crippen molar-refractivity contribution < 1.29 is 0 Å². The van der Waals surface area contributed by atoms with Crippen LogP contribution in [0.1, 0.15) is 10.4 Å². The van der Waals surface area contributed by atoms with Gasteiger partial charge < -0.3 is 5.32 Å². The van der Waals surface area contributed by atoms with E-state index >= 15 is 0 Å². The van der Waals surface area contributed by atoms with Crippen LogP contribution < -0.4 is 5.32 Å². The van der Waals surface area contributed by atoms with E-state index in [4.69, 9.17) is 23.2 Å². The standard InChI is InChI=1S/C14H10BrCl2N3S/c1-6-3-9(15)11(5-10(6)16)18-12-8-4-7(2)21-13(8)20-14(17)19-12/h3-5H,1-2H3,(H,18,19,20). The van der Waals surface area contributed by atoms with E-state index in [9.17, 15) is 0 Å². The first-order valence-corrected chi connectivity index (χ1v) is 8.47. The second kappa shape index (κ2) is 5.72. The van der Waals surface area contributed by atoms with Gasteiger partial charge in [-0.15, -0.1) is 11.3 Å². The van der Waals surface area contributed by atoms with Crippen LogP contribution in [0.3, 0.4) is 0 Å². The van der Waals surface area contributed by atoms with Gasteiger partial charge >= 0.3 is 0 Å². The van der Waals surface area contributed by atoms with Gasteiger partial charge in [0.25, 0.3) is 0 Å². The van der Waals surface area contributed by atoms with E-state index in [0.717, 1.165) is 30.8 Å². The zero-order valence-electron chi connectivity index (χ0n) is 11.2. The average Bonchev–Trinajstić information content (AvgIpc) is 2.76. The number of hydrogen-bond donors (Lipinski definition) is 1. The van der Waals surface area contributed by atoms with Gasteiger partial charge in [-0.2, -0.15) is 4.98 Å². The molecular weight excluding hydrogens is 393 g/mol. The number of halogens is 3. The van der Waals surface area contributed by atoms with Crippen molar-refractivity contribution in [2.75, 3.05) is 5.32 Å². The van der Waals surface area contributed by atoms with E-state index in [1.807, 2.05) is 32.0 Å². The molecule has 1 aromatic carbocycles. The predicted molar refractivity (Wildman–Crippen MR) is 94.3 cm³/mol. The molecule has 21 heavy (non-hydrogen) atoms. The summed E-state index contributed by atoms with van der Waals surface area (Å²) in [4.78, 5) is 10.6. The van der Waals surface area contributed by atoms with Crippen molar-refractivity contribution in [3.05, 3.63) is 43.4 Å². The molecule has 0 aliphatic rings. The molecule has 3 aromatic rings. The molecule has 0 aliphatic heterocycles. The van der Waals surface area contributed by atoms with Gasteiger partial charge in [0.05, 0.1) is 11.1 Å². The fourth-order valence-corrected chi connectivity index (χ4v) is 3.80. The Kier molecular flexibility index (Phi) is 4.10.